The van der Waals surface area contributed by atoms with Gasteiger partial charge in [0, 0.05) is 21.8 Å². The van der Waals surface area contributed by atoms with E-state index in [1.165, 1.54) is 20.3 Å². The van der Waals surface area contributed by atoms with Crippen LogP contribution in [-0.2, 0) is 4.79 Å². The summed E-state index contributed by atoms with van der Waals surface area (Å²) in [6, 6.07) is 20.6. The molecule has 6 nitrogen and oxygen atoms in total. The molecule has 3 aromatic carbocycles. The lowest BCUT2D eigenvalue weighted by atomic mass is 10.1. The SMILES string of the molecule is COc1cccc(/C=C(\NC(=O)c2ccccc2)C(=O)Nc2cccc(Cl)c2)c1OC. The molecule has 7 heteroatoms. The van der Waals surface area contributed by atoms with Crippen molar-refractivity contribution in [3.05, 3.63) is 94.6 Å². The van der Waals surface area contributed by atoms with E-state index < -0.39 is 11.8 Å². The van der Waals surface area contributed by atoms with Crippen molar-refractivity contribution in [2.24, 2.45) is 0 Å². The first-order valence-corrected chi connectivity index (χ1v) is 9.75. The summed E-state index contributed by atoms with van der Waals surface area (Å²) in [4.78, 5) is 25.8. The lowest BCUT2D eigenvalue weighted by Crippen LogP contribution is -2.30. The van der Waals surface area contributed by atoms with Crippen LogP contribution in [0.1, 0.15) is 15.9 Å². The maximum Gasteiger partial charge on any atom is 0.272 e. The number of halogens is 1. The Bertz CT molecular complexity index is 1110. The van der Waals surface area contributed by atoms with Gasteiger partial charge in [0.05, 0.1) is 14.2 Å². The number of carbonyl (C=O) groups is 2. The fourth-order valence-electron chi connectivity index (χ4n) is 2.89. The summed E-state index contributed by atoms with van der Waals surface area (Å²) < 4.78 is 10.8. The number of ether oxygens (including phenoxy) is 2. The van der Waals surface area contributed by atoms with Crippen molar-refractivity contribution in [1.82, 2.24) is 5.32 Å². The van der Waals surface area contributed by atoms with Gasteiger partial charge in [-0.15, -0.1) is 0 Å². The van der Waals surface area contributed by atoms with Gasteiger partial charge in [-0.25, -0.2) is 0 Å². The molecular formula is C24H21ClN2O4. The molecule has 0 fully saturated rings. The van der Waals surface area contributed by atoms with Crippen LogP contribution >= 0.6 is 11.6 Å². The predicted octanol–water partition coefficient (Wildman–Crippen LogP) is 4.77. The Labute approximate surface area is 185 Å². The number of benzene rings is 3. The van der Waals surface area contributed by atoms with E-state index in [2.05, 4.69) is 10.6 Å². The number of methoxy groups -OCH3 is 2. The lowest BCUT2D eigenvalue weighted by molar-refractivity contribution is -0.113. The van der Waals surface area contributed by atoms with Gasteiger partial charge < -0.3 is 20.1 Å². The summed E-state index contributed by atoms with van der Waals surface area (Å²) in [5.41, 5.74) is 1.50. The van der Waals surface area contributed by atoms with Crippen molar-refractivity contribution in [1.29, 1.82) is 0 Å². The third-order valence-electron chi connectivity index (χ3n) is 4.34. The van der Waals surface area contributed by atoms with Crippen LogP contribution in [0.25, 0.3) is 6.08 Å². The number of carbonyl (C=O) groups excluding carboxylic acids is 2. The van der Waals surface area contributed by atoms with E-state index in [1.54, 1.807) is 72.8 Å². The molecule has 0 aliphatic heterocycles. The monoisotopic (exact) mass is 436 g/mol. The Balaban J connectivity index is 1.98. The Kier molecular flexibility index (Phi) is 7.30. The minimum absolute atomic E-state index is 0.0281. The third kappa shape index (κ3) is 5.65. The molecule has 0 unspecified atom stereocenters. The second-order valence-electron chi connectivity index (χ2n) is 6.43. The Morgan fingerprint density at radius 1 is 0.903 bits per heavy atom. The molecule has 0 spiro atoms. The van der Waals surface area contributed by atoms with Gasteiger partial charge in [-0.1, -0.05) is 48.0 Å². The number of amides is 2. The molecular weight excluding hydrogens is 416 g/mol. The van der Waals surface area contributed by atoms with Crippen molar-refractivity contribution >= 4 is 35.2 Å². The fraction of sp³-hybridized carbons (Fsp3) is 0.0833. The van der Waals surface area contributed by atoms with Crippen molar-refractivity contribution in [3.8, 4) is 11.5 Å². The average molecular weight is 437 g/mol. The van der Waals surface area contributed by atoms with Crippen LogP contribution in [0.15, 0.2) is 78.5 Å². The summed E-state index contributed by atoms with van der Waals surface area (Å²) in [6.45, 7) is 0. The van der Waals surface area contributed by atoms with Crippen LogP contribution in [0.4, 0.5) is 5.69 Å². The maximum absolute atomic E-state index is 13.0. The van der Waals surface area contributed by atoms with E-state index in [-0.39, 0.29) is 5.70 Å². The van der Waals surface area contributed by atoms with Gasteiger partial charge in [-0.05, 0) is 42.5 Å². The second-order valence-corrected chi connectivity index (χ2v) is 6.86. The van der Waals surface area contributed by atoms with Gasteiger partial charge in [-0.3, -0.25) is 9.59 Å². The highest BCUT2D eigenvalue weighted by molar-refractivity contribution is 6.31. The molecule has 158 valence electrons. The van der Waals surface area contributed by atoms with E-state index >= 15 is 0 Å². The van der Waals surface area contributed by atoms with E-state index in [4.69, 9.17) is 21.1 Å². The summed E-state index contributed by atoms with van der Waals surface area (Å²) in [5.74, 6) is -0.00127. The van der Waals surface area contributed by atoms with Crippen LogP contribution in [0, 0.1) is 0 Å². The zero-order valence-corrected chi connectivity index (χ0v) is 17.8. The van der Waals surface area contributed by atoms with Crippen LogP contribution < -0.4 is 20.1 Å². The molecule has 0 aliphatic rings. The average Bonchev–Trinajstić information content (AvgIpc) is 2.78. The summed E-state index contributed by atoms with van der Waals surface area (Å²) >= 11 is 6.01. The zero-order chi connectivity index (χ0) is 22.2. The molecule has 3 aromatic rings. The van der Waals surface area contributed by atoms with Crippen LogP contribution in [0.5, 0.6) is 11.5 Å². The topological polar surface area (TPSA) is 76.7 Å². The van der Waals surface area contributed by atoms with Gasteiger partial charge in [0.1, 0.15) is 5.70 Å². The van der Waals surface area contributed by atoms with Crippen LogP contribution in [-0.4, -0.2) is 26.0 Å². The predicted molar refractivity (Wildman–Crippen MR) is 122 cm³/mol. The second kappa shape index (κ2) is 10.3. The van der Waals surface area contributed by atoms with Crippen LogP contribution in [0.3, 0.4) is 0 Å². The van der Waals surface area contributed by atoms with Gasteiger partial charge in [0.2, 0.25) is 0 Å². The molecule has 0 bridgehead atoms. The number of para-hydroxylation sites is 1. The number of anilines is 1. The molecule has 0 atom stereocenters. The number of nitrogens with one attached hydrogen (secondary N) is 2. The van der Waals surface area contributed by atoms with Gasteiger partial charge in [0.25, 0.3) is 11.8 Å². The van der Waals surface area contributed by atoms with E-state index in [0.717, 1.165) is 0 Å². The van der Waals surface area contributed by atoms with E-state index in [9.17, 15) is 9.59 Å². The van der Waals surface area contributed by atoms with Crippen LogP contribution in [0.2, 0.25) is 5.02 Å². The highest BCUT2D eigenvalue weighted by Gasteiger charge is 2.17. The molecule has 31 heavy (non-hydrogen) atoms. The molecule has 0 aliphatic carbocycles. The van der Waals surface area contributed by atoms with Crippen molar-refractivity contribution in [2.75, 3.05) is 19.5 Å². The van der Waals surface area contributed by atoms with Gasteiger partial charge in [-0.2, -0.15) is 0 Å². The molecule has 0 radical (unpaired) electrons. The van der Waals surface area contributed by atoms with Crippen molar-refractivity contribution < 1.29 is 19.1 Å². The highest BCUT2D eigenvalue weighted by atomic mass is 35.5. The summed E-state index contributed by atoms with van der Waals surface area (Å²) in [7, 11) is 3.03. The Hall–Kier alpha value is -3.77. The smallest absolute Gasteiger partial charge is 0.272 e. The Morgan fingerprint density at radius 3 is 2.32 bits per heavy atom. The molecule has 0 saturated heterocycles. The normalized spacial score (nSPS) is 10.9. The van der Waals surface area contributed by atoms with E-state index in [0.29, 0.717) is 33.3 Å². The number of rotatable bonds is 7. The lowest BCUT2D eigenvalue weighted by Gasteiger charge is -2.14. The first kappa shape index (κ1) is 21.9. The molecule has 0 aromatic heterocycles. The van der Waals surface area contributed by atoms with Gasteiger partial charge >= 0.3 is 0 Å². The fourth-order valence-corrected chi connectivity index (χ4v) is 3.08. The quantitative estimate of drug-likeness (QED) is 0.523. The largest absolute Gasteiger partial charge is 0.493 e. The minimum atomic E-state index is -0.517. The maximum atomic E-state index is 13.0. The number of hydrogen-bond acceptors (Lipinski definition) is 4. The molecule has 0 heterocycles. The van der Waals surface area contributed by atoms with Crippen molar-refractivity contribution in [3.63, 3.8) is 0 Å². The first-order valence-electron chi connectivity index (χ1n) is 9.38. The van der Waals surface area contributed by atoms with Crippen molar-refractivity contribution in [2.45, 2.75) is 0 Å². The summed E-state index contributed by atoms with van der Waals surface area (Å²) in [5, 5.41) is 5.91. The third-order valence-corrected chi connectivity index (χ3v) is 4.58. The first-order chi connectivity index (χ1) is 15.0. The Morgan fingerprint density at radius 2 is 1.65 bits per heavy atom. The summed E-state index contributed by atoms with van der Waals surface area (Å²) in [6.07, 6.45) is 1.53. The van der Waals surface area contributed by atoms with E-state index in [1.807, 2.05) is 0 Å². The minimum Gasteiger partial charge on any atom is -0.493 e. The molecule has 2 amide bonds. The highest BCUT2D eigenvalue weighted by Crippen LogP contribution is 2.32. The molecule has 2 N–H and O–H groups in total. The number of hydrogen-bond donors (Lipinski definition) is 2. The standard InChI is InChI=1S/C24H21ClN2O4/c1-30-21-13-6-10-17(22(21)31-2)14-20(27-23(28)16-8-4-3-5-9-16)24(29)26-19-12-7-11-18(25)15-19/h3-15H,1-2H3,(H,26,29)(H,27,28)/b20-14-. The molecule has 3 rings (SSSR count). The molecule has 0 saturated carbocycles. The van der Waals surface area contributed by atoms with Gasteiger partial charge in [0.15, 0.2) is 11.5 Å². The zero-order valence-electron chi connectivity index (χ0n) is 17.0.